The maximum Gasteiger partial charge on any atom is 0.294 e. The van der Waals surface area contributed by atoms with E-state index in [9.17, 15) is 4.79 Å². The van der Waals surface area contributed by atoms with Crippen LogP contribution in [0.3, 0.4) is 0 Å². The molecule has 0 aliphatic carbocycles. The van der Waals surface area contributed by atoms with Gasteiger partial charge in [0, 0.05) is 6.04 Å². The van der Waals surface area contributed by atoms with Crippen molar-refractivity contribution in [3.63, 3.8) is 0 Å². The second-order valence-corrected chi connectivity index (χ2v) is 5.63. The molecule has 0 fully saturated rings. The molecule has 1 aromatic heterocycles. The first-order valence-corrected chi connectivity index (χ1v) is 7.45. The highest BCUT2D eigenvalue weighted by Crippen LogP contribution is 2.14. The van der Waals surface area contributed by atoms with Crippen molar-refractivity contribution in [3.8, 4) is 0 Å². The van der Waals surface area contributed by atoms with E-state index in [1.165, 1.54) is 0 Å². The standard InChI is InChI=1S/C18H19N3O/c1-13(2)19-17-18(22)21(12-14-8-4-3-5-9-14)16-11-7-6-10-15(16)20-17/h3-11,13H,12H2,1-2H3,(H,19,20). The van der Waals surface area contributed by atoms with Crippen LogP contribution in [-0.2, 0) is 6.54 Å². The number of hydrogen-bond acceptors (Lipinski definition) is 3. The molecule has 0 bridgehead atoms. The molecule has 112 valence electrons. The number of nitrogens with zero attached hydrogens (tertiary/aromatic N) is 2. The van der Waals surface area contributed by atoms with Crippen LogP contribution in [0.5, 0.6) is 0 Å². The van der Waals surface area contributed by atoms with Crippen molar-refractivity contribution in [2.24, 2.45) is 0 Å². The van der Waals surface area contributed by atoms with Gasteiger partial charge in [0.15, 0.2) is 5.82 Å². The Hall–Kier alpha value is -2.62. The molecule has 0 saturated carbocycles. The molecule has 3 aromatic rings. The molecule has 0 atom stereocenters. The number of anilines is 1. The van der Waals surface area contributed by atoms with Crippen molar-refractivity contribution < 1.29 is 0 Å². The predicted octanol–water partition coefficient (Wildman–Crippen LogP) is 3.27. The van der Waals surface area contributed by atoms with Crippen LogP contribution in [0.15, 0.2) is 59.4 Å². The molecule has 0 saturated heterocycles. The van der Waals surface area contributed by atoms with E-state index in [1.54, 1.807) is 4.57 Å². The minimum Gasteiger partial charge on any atom is -0.363 e. The van der Waals surface area contributed by atoms with E-state index >= 15 is 0 Å². The predicted molar refractivity (Wildman–Crippen MR) is 90.3 cm³/mol. The van der Waals surface area contributed by atoms with Crippen molar-refractivity contribution in [1.82, 2.24) is 9.55 Å². The molecule has 1 N–H and O–H groups in total. The fourth-order valence-corrected chi connectivity index (χ4v) is 2.48. The number of benzene rings is 2. The fourth-order valence-electron chi connectivity index (χ4n) is 2.48. The molecule has 0 spiro atoms. The lowest BCUT2D eigenvalue weighted by Gasteiger charge is -2.14. The third kappa shape index (κ3) is 2.86. The van der Waals surface area contributed by atoms with Gasteiger partial charge < -0.3 is 5.32 Å². The molecule has 0 unspecified atom stereocenters. The Balaban J connectivity index is 2.17. The summed E-state index contributed by atoms with van der Waals surface area (Å²) in [7, 11) is 0. The average Bonchev–Trinajstić information content (AvgIpc) is 2.52. The van der Waals surface area contributed by atoms with Gasteiger partial charge in [0.1, 0.15) is 0 Å². The van der Waals surface area contributed by atoms with Crippen LogP contribution >= 0.6 is 0 Å². The van der Waals surface area contributed by atoms with Crippen LogP contribution < -0.4 is 10.9 Å². The SMILES string of the molecule is CC(C)Nc1nc2ccccc2n(Cc2ccccc2)c1=O. The number of fused-ring (bicyclic) bond motifs is 1. The van der Waals surface area contributed by atoms with Gasteiger partial charge in [-0.05, 0) is 31.5 Å². The topological polar surface area (TPSA) is 46.9 Å². The van der Waals surface area contributed by atoms with E-state index in [-0.39, 0.29) is 11.6 Å². The van der Waals surface area contributed by atoms with Crippen molar-refractivity contribution in [1.29, 1.82) is 0 Å². The molecule has 3 rings (SSSR count). The molecule has 4 heteroatoms. The zero-order chi connectivity index (χ0) is 15.5. The van der Waals surface area contributed by atoms with Gasteiger partial charge in [0.05, 0.1) is 17.6 Å². The number of nitrogens with one attached hydrogen (secondary N) is 1. The molecular weight excluding hydrogens is 274 g/mol. The first-order valence-electron chi connectivity index (χ1n) is 7.45. The van der Waals surface area contributed by atoms with Crippen molar-refractivity contribution in [3.05, 3.63) is 70.5 Å². The minimum absolute atomic E-state index is 0.0868. The zero-order valence-corrected chi connectivity index (χ0v) is 12.8. The minimum atomic E-state index is -0.0868. The fraction of sp³-hybridized carbons (Fsp3) is 0.222. The lowest BCUT2D eigenvalue weighted by molar-refractivity contribution is 0.779. The molecule has 0 aliphatic heterocycles. The number of para-hydroxylation sites is 2. The molecule has 0 aliphatic rings. The Morgan fingerprint density at radius 1 is 1.05 bits per heavy atom. The largest absolute Gasteiger partial charge is 0.363 e. The maximum atomic E-state index is 12.8. The summed E-state index contributed by atoms with van der Waals surface area (Å²) >= 11 is 0. The molecule has 2 aromatic carbocycles. The highest BCUT2D eigenvalue weighted by atomic mass is 16.1. The molecule has 4 nitrogen and oxygen atoms in total. The lowest BCUT2D eigenvalue weighted by Crippen LogP contribution is -2.28. The van der Waals surface area contributed by atoms with Gasteiger partial charge in [-0.2, -0.15) is 0 Å². The van der Waals surface area contributed by atoms with E-state index in [4.69, 9.17) is 0 Å². The quantitative estimate of drug-likeness (QED) is 0.803. The van der Waals surface area contributed by atoms with Crippen LogP contribution in [0.25, 0.3) is 11.0 Å². The summed E-state index contributed by atoms with van der Waals surface area (Å²) in [6, 6.07) is 17.9. The van der Waals surface area contributed by atoms with E-state index in [2.05, 4.69) is 10.3 Å². The van der Waals surface area contributed by atoms with Gasteiger partial charge in [0.2, 0.25) is 0 Å². The van der Waals surface area contributed by atoms with Crippen LogP contribution in [0.2, 0.25) is 0 Å². The lowest BCUT2D eigenvalue weighted by atomic mass is 10.2. The molecule has 1 heterocycles. The van der Waals surface area contributed by atoms with Gasteiger partial charge in [-0.25, -0.2) is 4.98 Å². The summed E-state index contributed by atoms with van der Waals surface area (Å²) in [6.45, 7) is 4.53. The van der Waals surface area contributed by atoms with Crippen molar-refractivity contribution in [2.75, 3.05) is 5.32 Å². The molecule has 0 amide bonds. The van der Waals surface area contributed by atoms with Gasteiger partial charge >= 0.3 is 0 Å². The van der Waals surface area contributed by atoms with E-state index in [1.807, 2.05) is 68.4 Å². The van der Waals surface area contributed by atoms with Crippen LogP contribution in [0.4, 0.5) is 5.82 Å². The summed E-state index contributed by atoms with van der Waals surface area (Å²) in [5.41, 5.74) is 2.68. The summed E-state index contributed by atoms with van der Waals surface area (Å²) < 4.78 is 1.78. The second-order valence-electron chi connectivity index (χ2n) is 5.63. The van der Waals surface area contributed by atoms with Crippen LogP contribution in [0, 0.1) is 0 Å². The normalized spacial score (nSPS) is 11.0. The summed E-state index contributed by atoms with van der Waals surface area (Å²) in [4.78, 5) is 17.2. The Morgan fingerprint density at radius 2 is 1.73 bits per heavy atom. The Morgan fingerprint density at radius 3 is 2.45 bits per heavy atom. The molecule has 22 heavy (non-hydrogen) atoms. The highest BCUT2D eigenvalue weighted by molar-refractivity contribution is 5.76. The monoisotopic (exact) mass is 293 g/mol. The average molecular weight is 293 g/mol. The van der Waals surface area contributed by atoms with E-state index < -0.39 is 0 Å². The molecule has 0 radical (unpaired) electrons. The first kappa shape index (κ1) is 14.3. The number of rotatable bonds is 4. The smallest absolute Gasteiger partial charge is 0.294 e. The summed E-state index contributed by atoms with van der Waals surface area (Å²) in [5, 5.41) is 3.15. The van der Waals surface area contributed by atoms with Crippen molar-refractivity contribution >= 4 is 16.9 Å². The van der Waals surface area contributed by atoms with Crippen LogP contribution in [-0.4, -0.2) is 15.6 Å². The number of aromatic nitrogens is 2. The third-order valence-corrected chi connectivity index (χ3v) is 3.46. The van der Waals surface area contributed by atoms with Gasteiger partial charge in [-0.1, -0.05) is 42.5 Å². The van der Waals surface area contributed by atoms with E-state index in [0.29, 0.717) is 12.4 Å². The Bertz CT molecular complexity index is 838. The highest BCUT2D eigenvalue weighted by Gasteiger charge is 2.11. The van der Waals surface area contributed by atoms with Crippen molar-refractivity contribution in [2.45, 2.75) is 26.4 Å². The number of hydrogen-bond donors (Lipinski definition) is 1. The third-order valence-electron chi connectivity index (χ3n) is 3.46. The summed E-state index contributed by atoms with van der Waals surface area (Å²) in [5.74, 6) is 0.407. The Kier molecular flexibility index (Phi) is 3.92. The zero-order valence-electron chi connectivity index (χ0n) is 12.8. The van der Waals surface area contributed by atoms with Gasteiger partial charge in [-0.3, -0.25) is 9.36 Å². The first-order chi connectivity index (χ1) is 10.6. The Labute approximate surface area is 129 Å². The van der Waals surface area contributed by atoms with Crippen LogP contribution in [0.1, 0.15) is 19.4 Å². The molecular formula is C18H19N3O. The van der Waals surface area contributed by atoms with Gasteiger partial charge in [0.25, 0.3) is 5.56 Å². The van der Waals surface area contributed by atoms with Gasteiger partial charge in [-0.15, -0.1) is 0 Å². The summed E-state index contributed by atoms with van der Waals surface area (Å²) in [6.07, 6.45) is 0. The second kappa shape index (κ2) is 6.02. The van der Waals surface area contributed by atoms with E-state index in [0.717, 1.165) is 16.6 Å². The maximum absolute atomic E-state index is 12.8.